The molecule has 6 heteroatoms. The molecule has 0 radical (unpaired) electrons. The van der Waals surface area contributed by atoms with E-state index in [-0.39, 0.29) is 18.0 Å². The molecule has 31 heavy (non-hydrogen) atoms. The number of hydrogen-bond donors (Lipinski definition) is 0. The van der Waals surface area contributed by atoms with Crippen LogP contribution in [0.3, 0.4) is 0 Å². The number of nitrogens with zero attached hydrogens (tertiary/aromatic N) is 4. The van der Waals surface area contributed by atoms with Gasteiger partial charge in [-0.3, -0.25) is 9.78 Å². The topological polar surface area (TPSA) is 75.1 Å². The Morgan fingerprint density at radius 1 is 1.29 bits per heavy atom. The molecule has 0 saturated carbocycles. The Hall–Kier alpha value is -3.59. The second kappa shape index (κ2) is 9.94. The third-order valence-corrected chi connectivity index (χ3v) is 5.12. The molecular weight excluding hydrogens is 388 g/mol. The van der Waals surface area contributed by atoms with Gasteiger partial charge < -0.3 is 13.9 Å². The number of aromatic nitrogens is 2. The fourth-order valence-corrected chi connectivity index (χ4v) is 3.59. The highest BCUT2D eigenvalue weighted by atomic mass is 16.3. The molecule has 0 atom stereocenters. The van der Waals surface area contributed by atoms with Crippen LogP contribution >= 0.6 is 0 Å². The van der Waals surface area contributed by atoms with E-state index in [4.69, 9.17) is 4.42 Å². The fourth-order valence-electron chi connectivity index (χ4n) is 3.59. The molecule has 0 aliphatic carbocycles. The van der Waals surface area contributed by atoms with Gasteiger partial charge in [-0.1, -0.05) is 19.9 Å². The zero-order valence-electron chi connectivity index (χ0n) is 18.5. The number of rotatable bonds is 8. The van der Waals surface area contributed by atoms with Crippen LogP contribution in [0, 0.1) is 31.1 Å². The van der Waals surface area contributed by atoms with Crippen LogP contribution in [0.25, 0.3) is 6.08 Å². The van der Waals surface area contributed by atoms with E-state index in [1.807, 2.05) is 38.1 Å². The summed E-state index contributed by atoms with van der Waals surface area (Å²) in [6, 6.07) is 11.5. The molecule has 0 saturated heterocycles. The third kappa shape index (κ3) is 5.52. The van der Waals surface area contributed by atoms with Gasteiger partial charge in [-0.05, 0) is 61.2 Å². The summed E-state index contributed by atoms with van der Waals surface area (Å²) in [5.41, 5.74) is 4.04. The average molecular weight is 417 g/mol. The molecule has 3 heterocycles. The summed E-state index contributed by atoms with van der Waals surface area (Å²) in [5, 5.41) is 9.80. The van der Waals surface area contributed by atoms with Crippen molar-refractivity contribution in [2.45, 2.75) is 47.3 Å². The summed E-state index contributed by atoms with van der Waals surface area (Å²) in [6.07, 6.45) is 6.68. The summed E-state index contributed by atoms with van der Waals surface area (Å²) in [7, 11) is 0. The van der Waals surface area contributed by atoms with Crippen LogP contribution in [0.15, 0.2) is 59.0 Å². The van der Waals surface area contributed by atoms with Crippen molar-refractivity contribution >= 4 is 12.0 Å². The SMILES string of the molecule is Cc1cc(/C=C(\C#N)C(=O)N(Cc2cccnc2)Cc2ccco2)c(C)n1CC(C)C. The standard InChI is InChI=1S/C25H28N4O2/c1-18(2)15-29-19(3)11-22(20(29)4)12-23(13-26)25(30)28(17-24-8-6-10-31-24)16-21-7-5-9-27-14-21/h5-12,14,18H,15-17H2,1-4H3/b23-12+. The third-order valence-electron chi connectivity index (χ3n) is 5.12. The van der Waals surface area contributed by atoms with Crippen LogP contribution in [0.5, 0.6) is 0 Å². The normalized spacial score (nSPS) is 11.5. The summed E-state index contributed by atoms with van der Waals surface area (Å²) in [6.45, 7) is 9.91. The molecule has 3 aromatic rings. The predicted molar refractivity (Wildman–Crippen MR) is 120 cm³/mol. The number of aryl methyl sites for hydroxylation is 1. The largest absolute Gasteiger partial charge is 0.467 e. The highest BCUT2D eigenvalue weighted by molar-refractivity contribution is 6.01. The molecule has 0 aliphatic heterocycles. The number of carbonyl (C=O) groups is 1. The maximum Gasteiger partial charge on any atom is 0.265 e. The second-order valence-electron chi connectivity index (χ2n) is 8.10. The first-order valence-corrected chi connectivity index (χ1v) is 10.4. The number of carbonyl (C=O) groups excluding carboxylic acids is 1. The molecule has 1 amide bonds. The molecule has 0 N–H and O–H groups in total. The van der Waals surface area contributed by atoms with Crippen molar-refractivity contribution < 1.29 is 9.21 Å². The van der Waals surface area contributed by atoms with E-state index in [1.165, 1.54) is 0 Å². The molecule has 0 bridgehead atoms. The molecule has 3 rings (SSSR count). The van der Waals surface area contributed by atoms with E-state index in [0.29, 0.717) is 18.2 Å². The van der Waals surface area contributed by atoms with Crippen LogP contribution < -0.4 is 0 Å². The zero-order chi connectivity index (χ0) is 22.4. The van der Waals surface area contributed by atoms with Gasteiger partial charge in [0.1, 0.15) is 17.4 Å². The Labute approximate surface area is 183 Å². The van der Waals surface area contributed by atoms with Crippen molar-refractivity contribution in [3.63, 3.8) is 0 Å². The predicted octanol–water partition coefficient (Wildman–Crippen LogP) is 4.88. The van der Waals surface area contributed by atoms with Crippen molar-refractivity contribution in [3.05, 3.63) is 82.8 Å². The number of furan rings is 1. The van der Waals surface area contributed by atoms with Crippen molar-refractivity contribution in [1.29, 1.82) is 5.26 Å². The molecule has 0 spiro atoms. The highest BCUT2D eigenvalue weighted by Crippen LogP contribution is 2.21. The lowest BCUT2D eigenvalue weighted by atomic mass is 10.1. The Balaban J connectivity index is 1.92. The van der Waals surface area contributed by atoms with Gasteiger partial charge in [0, 0.05) is 36.9 Å². The summed E-state index contributed by atoms with van der Waals surface area (Å²) >= 11 is 0. The smallest absolute Gasteiger partial charge is 0.265 e. The first-order chi connectivity index (χ1) is 14.9. The Bertz CT molecular complexity index is 1090. The lowest BCUT2D eigenvalue weighted by Gasteiger charge is -2.21. The zero-order valence-corrected chi connectivity index (χ0v) is 18.5. The van der Waals surface area contributed by atoms with Crippen LogP contribution in [-0.4, -0.2) is 20.4 Å². The number of amides is 1. The van der Waals surface area contributed by atoms with Gasteiger partial charge >= 0.3 is 0 Å². The highest BCUT2D eigenvalue weighted by Gasteiger charge is 2.21. The van der Waals surface area contributed by atoms with Crippen molar-refractivity contribution in [2.24, 2.45) is 5.92 Å². The lowest BCUT2D eigenvalue weighted by Crippen LogP contribution is -2.31. The quantitative estimate of drug-likeness (QED) is 0.387. The Morgan fingerprint density at radius 2 is 2.10 bits per heavy atom. The van der Waals surface area contributed by atoms with E-state index in [9.17, 15) is 10.1 Å². The van der Waals surface area contributed by atoms with E-state index < -0.39 is 0 Å². The van der Waals surface area contributed by atoms with Crippen molar-refractivity contribution in [3.8, 4) is 6.07 Å². The van der Waals surface area contributed by atoms with Gasteiger partial charge in [-0.15, -0.1) is 0 Å². The second-order valence-corrected chi connectivity index (χ2v) is 8.10. The molecule has 6 nitrogen and oxygen atoms in total. The summed E-state index contributed by atoms with van der Waals surface area (Å²) < 4.78 is 7.67. The molecule has 0 unspecified atom stereocenters. The van der Waals surface area contributed by atoms with Gasteiger partial charge in [0.05, 0.1) is 12.8 Å². The van der Waals surface area contributed by atoms with Gasteiger partial charge in [0.2, 0.25) is 0 Å². The summed E-state index contributed by atoms with van der Waals surface area (Å²) in [5.74, 6) is 0.822. The van der Waals surface area contributed by atoms with Gasteiger partial charge in [-0.2, -0.15) is 5.26 Å². The van der Waals surface area contributed by atoms with Gasteiger partial charge in [0.15, 0.2) is 0 Å². The monoisotopic (exact) mass is 416 g/mol. The number of nitriles is 1. The lowest BCUT2D eigenvalue weighted by molar-refractivity contribution is -0.128. The summed E-state index contributed by atoms with van der Waals surface area (Å²) in [4.78, 5) is 19.1. The van der Waals surface area contributed by atoms with Crippen LogP contribution in [0.2, 0.25) is 0 Å². The van der Waals surface area contributed by atoms with Crippen molar-refractivity contribution in [2.75, 3.05) is 0 Å². The Kier molecular flexibility index (Phi) is 7.09. The van der Waals surface area contributed by atoms with Crippen LogP contribution in [0.4, 0.5) is 0 Å². The molecule has 3 aromatic heterocycles. The Morgan fingerprint density at radius 3 is 2.71 bits per heavy atom. The maximum atomic E-state index is 13.4. The van der Waals surface area contributed by atoms with Crippen LogP contribution in [0.1, 0.15) is 42.1 Å². The van der Waals surface area contributed by atoms with E-state index in [2.05, 4.69) is 29.5 Å². The van der Waals surface area contributed by atoms with Crippen molar-refractivity contribution in [1.82, 2.24) is 14.5 Å². The van der Waals surface area contributed by atoms with E-state index >= 15 is 0 Å². The minimum Gasteiger partial charge on any atom is -0.467 e. The molecular formula is C25H28N4O2. The van der Waals surface area contributed by atoms with E-state index in [1.54, 1.807) is 35.7 Å². The van der Waals surface area contributed by atoms with Crippen LogP contribution in [-0.2, 0) is 24.4 Å². The molecule has 0 aliphatic rings. The number of hydrogen-bond acceptors (Lipinski definition) is 4. The molecule has 160 valence electrons. The minimum atomic E-state index is -0.337. The first kappa shape index (κ1) is 22.1. The maximum absolute atomic E-state index is 13.4. The van der Waals surface area contributed by atoms with Gasteiger partial charge in [0.25, 0.3) is 5.91 Å². The first-order valence-electron chi connectivity index (χ1n) is 10.4. The average Bonchev–Trinajstić information content (AvgIpc) is 3.35. The fraction of sp³-hybridized carbons (Fsp3) is 0.320. The minimum absolute atomic E-state index is 0.0974. The molecule has 0 fully saturated rings. The van der Waals surface area contributed by atoms with E-state index in [0.717, 1.165) is 29.1 Å². The van der Waals surface area contributed by atoms with Gasteiger partial charge in [-0.25, -0.2) is 0 Å². The number of pyridine rings is 1. The molecule has 0 aromatic carbocycles.